The number of hydrogen-bond acceptors (Lipinski definition) is 1. The van der Waals surface area contributed by atoms with Crippen molar-refractivity contribution < 1.29 is 4.79 Å². The molecule has 29 heavy (non-hydrogen) atoms. The summed E-state index contributed by atoms with van der Waals surface area (Å²) in [5.41, 5.74) is 2.45. The molecular formula is C27H27NO. The van der Waals surface area contributed by atoms with E-state index in [-0.39, 0.29) is 17.9 Å². The third kappa shape index (κ3) is 3.17. The highest BCUT2D eigenvalue weighted by atomic mass is 16.2. The minimum absolute atomic E-state index is 0.0999. The molecule has 0 saturated carbocycles. The Morgan fingerprint density at radius 2 is 1.69 bits per heavy atom. The molecular weight excluding hydrogens is 354 g/mol. The molecule has 0 N–H and O–H groups in total. The fourth-order valence-corrected chi connectivity index (χ4v) is 5.37. The lowest BCUT2D eigenvalue weighted by molar-refractivity contribution is -0.134. The number of carbonyl (C=O) groups excluding carboxylic acids is 1. The van der Waals surface area contributed by atoms with Gasteiger partial charge >= 0.3 is 0 Å². The van der Waals surface area contributed by atoms with Crippen LogP contribution in [0.5, 0.6) is 0 Å². The van der Waals surface area contributed by atoms with E-state index in [4.69, 9.17) is 0 Å². The van der Waals surface area contributed by atoms with Gasteiger partial charge in [-0.05, 0) is 40.3 Å². The average molecular weight is 382 g/mol. The van der Waals surface area contributed by atoms with Crippen molar-refractivity contribution in [3.8, 4) is 0 Å². The van der Waals surface area contributed by atoms with Crippen molar-refractivity contribution in [2.75, 3.05) is 0 Å². The van der Waals surface area contributed by atoms with Gasteiger partial charge in [0.05, 0.1) is 6.04 Å². The second kappa shape index (κ2) is 7.51. The van der Waals surface area contributed by atoms with Gasteiger partial charge in [0.15, 0.2) is 0 Å². The number of fused-ring (bicyclic) bond motifs is 2. The van der Waals surface area contributed by atoms with E-state index in [1.54, 1.807) is 0 Å². The first kappa shape index (κ1) is 18.2. The van der Waals surface area contributed by atoms with E-state index in [0.717, 1.165) is 12.8 Å². The molecule has 0 aromatic heterocycles. The van der Waals surface area contributed by atoms with Gasteiger partial charge in [0.2, 0.25) is 5.91 Å². The first-order chi connectivity index (χ1) is 14.3. The number of nitrogens with zero attached hydrogens (tertiary/aromatic N) is 1. The summed E-state index contributed by atoms with van der Waals surface area (Å²) in [4.78, 5) is 15.8. The van der Waals surface area contributed by atoms with Gasteiger partial charge in [-0.25, -0.2) is 0 Å². The lowest BCUT2D eigenvalue weighted by atomic mass is 9.73. The summed E-state index contributed by atoms with van der Waals surface area (Å²) in [7, 11) is 0. The molecule has 2 nitrogen and oxygen atoms in total. The summed E-state index contributed by atoms with van der Waals surface area (Å²) in [6.45, 7) is 2.90. The van der Waals surface area contributed by atoms with Crippen LogP contribution < -0.4 is 0 Å². The number of likely N-dealkylation sites (tertiary alicyclic amines) is 1. The second-order valence-electron chi connectivity index (χ2n) is 8.44. The molecule has 3 aromatic rings. The topological polar surface area (TPSA) is 20.3 Å². The van der Waals surface area contributed by atoms with Crippen molar-refractivity contribution in [1.29, 1.82) is 0 Å². The van der Waals surface area contributed by atoms with E-state index >= 15 is 0 Å². The molecule has 4 atom stereocenters. The van der Waals surface area contributed by atoms with Crippen LogP contribution in [0.2, 0.25) is 0 Å². The zero-order chi connectivity index (χ0) is 19.8. The van der Waals surface area contributed by atoms with Crippen molar-refractivity contribution >= 4 is 16.7 Å². The van der Waals surface area contributed by atoms with Crippen LogP contribution >= 0.6 is 0 Å². The molecule has 146 valence electrons. The first-order valence-corrected chi connectivity index (χ1v) is 10.8. The Kier molecular flexibility index (Phi) is 4.71. The van der Waals surface area contributed by atoms with Gasteiger partial charge < -0.3 is 4.90 Å². The Morgan fingerprint density at radius 1 is 0.931 bits per heavy atom. The molecule has 2 aliphatic rings. The fourth-order valence-electron chi connectivity index (χ4n) is 5.37. The Labute approximate surface area is 172 Å². The molecule has 1 saturated heterocycles. The molecule has 3 aromatic carbocycles. The molecule has 1 aliphatic heterocycles. The maximum absolute atomic E-state index is 13.7. The molecule has 2 heteroatoms. The van der Waals surface area contributed by atoms with Crippen LogP contribution in [0.3, 0.4) is 0 Å². The predicted molar refractivity (Wildman–Crippen MR) is 118 cm³/mol. The minimum atomic E-state index is 0.0999. The van der Waals surface area contributed by atoms with Crippen LogP contribution in [0, 0.1) is 17.8 Å². The maximum atomic E-state index is 13.7. The van der Waals surface area contributed by atoms with Gasteiger partial charge in [-0.1, -0.05) is 92.2 Å². The summed E-state index contributed by atoms with van der Waals surface area (Å²) < 4.78 is 0. The molecule has 5 rings (SSSR count). The quantitative estimate of drug-likeness (QED) is 0.497. The second-order valence-corrected chi connectivity index (χ2v) is 8.44. The van der Waals surface area contributed by atoms with E-state index in [0.29, 0.717) is 18.4 Å². The summed E-state index contributed by atoms with van der Waals surface area (Å²) in [6, 6.07) is 25.7. The van der Waals surface area contributed by atoms with Gasteiger partial charge in [0, 0.05) is 18.4 Å². The van der Waals surface area contributed by atoms with Gasteiger partial charge in [-0.3, -0.25) is 4.79 Å². The van der Waals surface area contributed by atoms with E-state index in [1.165, 1.54) is 21.9 Å². The van der Waals surface area contributed by atoms with Crippen molar-refractivity contribution in [3.05, 3.63) is 96.1 Å². The van der Waals surface area contributed by atoms with Crippen molar-refractivity contribution in [3.63, 3.8) is 0 Å². The molecule has 0 radical (unpaired) electrons. The molecule has 0 bridgehead atoms. The summed E-state index contributed by atoms with van der Waals surface area (Å²) in [6.07, 6.45) is 6.70. The number of amides is 1. The van der Waals surface area contributed by atoms with Crippen LogP contribution in [0.1, 0.15) is 36.9 Å². The number of carbonyl (C=O) groups is 1. The summed E-state index contributed by atoms with van der Waals surface area (Å²) >= 11 is 0. The Bertz CT molecular complexity index is 1050. The van der Waals surface area contributed by atoms with Crippen LogP contribution in [0.4, 0.5) is 0 Å². The average Bonchev–Trinajstić information content (AvgIpc) is 3.06. The smallest absolute Gasteiger partial charge is 0.227 e. The highest BCUT2D eigenvalue weighted by molar-refractivity contribution is 5.86. The van der Waals surface area contributed by atoms with Crippen molar-refractivity contribution in [2.24, 2.45) is 17.8 Å². The number of hydrogen-bond donors (Lipinski definition) is 0. The predicted octanol–water partition coefficient (Wildman–Crippen LogP) is 6.14. The monoisotopic (exact) mass is 381 g/mol. The van der Waals surface area contributed by atoms with E-state index in [1.807, 2.05) is 6.07 Å². The number of allylic oxidation sites excluding steroid dienone is 1. The highest BCUT2D eigenvalue weighted by Crippen LogP contribution is 2.50. The Morgan fingerprint density at radius 3 is 2.48 bits per heavy atom. The Balaban J connectivity index is 1.60. The number of benzene rings is 3. The molecule has 1 amide bonds. The first-order valence-electron chi connectivity index (χ1n) is 10.8. The largest absolute Gasteiger partial charge is 0.330 e. The lowest BCUT2D eigenvalue weighted by Crippen LogP contribution is -2.31. The minimum Gasteiger partial charge on any atom is -0.330 e. The highest BCUT2D eigenvalue weighted by Gasteiger charge is 2.50. The molecule has 1 aliphatic carbocycles. The zero-order valence-electron chi connectivity index (χ0n) is 16.9. The lowest BCUT2D eigenvalue weighted by Gasteiger charge is -2.30. The third-order valence-electron chi connectivity index (χ3n) is 6.82. The van der Waals surface area contributed by atoms with Crippen LogP contribution in [0.15, 0.2) is 84.9 Å². The standard InChI is InChI=1S/C27H27NO/c1-2-20-13-8-14-24-25(20)27(29)28(18-19-9-4-3-5-10-19)26(24)23-16-15-21-11-6-7-12-22(21)17-23/h3-12,14-17,20,24-26H,2,13,18H2,1H3/t20-,24+,25+,26-/m0/s1. The third-order valence-corrected chi connectivity index (χ3v) is 6.82. The van der Waals surface area contributed by atoms with E-state index in [9.17, 15) is 4.79 Å². The van der Waals surface area contributed by atoms with Crippen LogP contribution in [0.25, 0.3) is 10.8 Å². The van der Waals surface area contributed by atoms with Crippen LogP contribution in [-0.2, 0) is 11.3 Å². The summed E-state index contributed by atoms with van der Waals surface area (Å²) in [5.74, 6) is 1.13. The van der Waals surface area contributed by atoms with E-state index < -0.39 is 0 Å². The van der Waals surface area contributed by atoms with Crippen LogP contribution in [-0.4, -0.2) is 10.8 Å². The van der Waals surface area contributed by atoms with Crippen molar-refractivity contribution in [2.45, 2.75) is 32.4 Å². The van der Waals surface area contributed by atoms with Gasteiger partial charge in [-0.15, -0.1) is 0 Å². The SMILES string of the molecule is CC[C@H]1CC=C[C@@H]2[C@@H]1C(=O)N(Cc1ccccc1)[C@H]2c1ccc2ccccc2c1. The zero-order valence-corrected chi connectivity index (χ0v) is 16.9. The molecule has 0 unspecified atom stereocenters. The molecule has 0 spiro atoms. The van der Waals surface area contributed by atoms with Gasteiger partial charge in [0.25, 0.3) is 0 Å². The van der Waals surface area contributed by atoms with Gasteiger partial charge in [-0.2, -0.15) is 0 Å². The fraction of sp³-hybridized carbons (Fsp3) is 0.296. The van der Waals surface area contributed by atoms with E-state index in [2.05, 4.69) is 90.7 Å². The molecule has 1 fully saturated rings. The summed E-state index contributed by atoms with van der Waals surface area (Å²) in [5, 5.41) is 2.49. The van der Waals surface area contributed by atoms with Gasteiger partial charge in [0.1, 0.15) is 0 Å². The Hall–Kier alpha value is -2.87. The van der Waals surface area contributed by atoms with Crippen molar-refractivity contribution in [1.82, 2.24) is 4.90 Å². The normalized spacial score (nSPS) is 26.1. The maximum Gasteiger partial charge on any atom is 0.227 e. The number of rotatable bonds is 4. The molecule has 1 heterocycles.